The Hall–Kier alpha value is -0.520. The molecule has 5 heteroatoms. The first-order valence-electron chi connectivity index (χ1n) is 6.76. The number of halogens is 1. The number of hydrogen-bond donors (Lipinski definition) is 1. The van der Waals surface area contributed by atoms with Gasteiger partial charge < -0.3 is 10.0 Å². The van der Waals surface area contributed by atoms with Crippen molar-refractivity contribution >= 4 is 33.6 Å². The van der Waals surface area contributed by atoms with Crippen LogP contribution in [0.5, 0.6) is 0 Å². The Morgan fingerprint density at radius 2 is 2.10 bits per heavy atom. The monoisotopic (exact) mass is 357 g/mol. The van der Waals surface area contributed by atoms with Gasteiger partial charge in [-0.05, 0) is 50.5 Å². The fourth-order valence-corrected chi connectivity index (χ4v) is 3.63. The third kappa shape index (κ3) is 4.24. The van der Waals surface area contributed by atoms with Gasteiger partial charge >= 0.3 is 0 Å². The van der Waals surface area contributed by atoms with Crippen LogP contribution in [-0.4, -0.2) is 40.4 Å². The first-order valence-corrected chi connectivity index (χ1v) is 8.54. The van der Waals surface area contributed by atoms with Crippen molar-refractivity contribution < 1.29 is 9.90 Å². The van der Waals surface area contributed by atoms with Gasteiger partial charge in [-0.15, -0.1) is 11.8 Å². The number of nitrogens with zero attached hydrogens (tertiary/aromatic N) is 1. The van der Waals surface area contributed by atoms with Crippen molar-refractivity contribution in [3.05, 3.63) is 28.2 Å². The second-order valence-electron chi connectivity index (χ2n) is 5.58. The van der Waals surface area contributed by atoms with Crippen LogP contribution in [0.25, 0.3) is 0 Å². The van der Waals surface area contributed by atoms with Crippen molar-refractivity contribution in [2.75, 3.05) is 18.8 Å². The molecule has 0 saturated carbocycles. The lowest BCUT2D eigenvalue weighted by Gasteiger charge is -2.35. The Kier molecular flexibility index (Phi) is 5.15. The van der Waals surface area contributed by atoms with Crippen LogP contribution in [0.3, 0.4) is 0 Å². The van der Waals surface area contributed by atoms with E-state index < -0.39 is 5.60 Å². The average Bonchev–Trinajstić information content (AvgIpc) is 2.37. The highest BCUT2D eigenvalue weighted by molar-refractivity contribution is 9.10. The molecule has 0 unspecified atom stereocenters. The van der Waals surface area contributed by atoms with Gasteiger partial charge in [-0.3, -0.25) is 4.79 Å². The maximum absolute atomic E-state index is 12.2. The molecule has 0 aliphatic carbocycles. The van der Waals surface area contributed by atoms with E-state index in [0.29, 0.717) is 31.7 Å². The summed E-state index contributed by atoms with van der Waals surface area (Å²) in [5.41, 5.74) is 0.574. The second-order valence-corrected chi connectivity index (χ2v) is 7.51. The van der Waals surface area contributed by atoms with E-state index in [-0.39, 0.29) is 5.91 Å². The zero-order valence-corrected chi connectivity index (χ0v) is 14.3. The van der Waals surface area contributed by atoms with Gasteiger partial charge in [0, 0.05) is 22.5 Å². The topological polar surface area (TPSA) is 40.5 Å². The molecular weight excluding hydrogens is 338 g/mol. The largest absolute Gasteiger partial charge is 0.390 e. The van der Waals surface area contributed by atoms with E-state index in [0.717, 1.165) is 9.37 Å². The zero-order chi connectivity index (χ0) is 14.8. The summed E-state index contributed by atoms with van der Waals surface area (Å²) in [6.07, 6.45) is 1.33. The van der Waals surface area contributed by atoms with Gasteiger partial charge in [0.1, 0.15) is 0 Å². The molecule has 1 saturated heterocycles. The molecule has 2 rings (SSSR count). The summed E-state index contributed by atoms with van der Waals surface area (Å²) in [5, 5.41) is 9.90. The highest BCUT2D eigenvalue weighted by atomic mass is 79.9. The number of carbonyl (C=O) groups is 1. The van der Waals surface area contributed by atoms with Crippen LogP contribution < -0.4 is 0 Å². The second kappa shape index (κ2) is 6.50. The summed E-state index contributed by atoms with van der Waals surface area (Å²) in [6.45, 7) is 5.21. The van der Waals surface area contributed by atoms with Gasteiger partial charge in [0.05, 0.1) is 11.4 Å². The minimum absolute atomic E-state index is 0.160. The number of benzene rings is 1. The first kappa shape index (κ1) is 15.9. The van der Waals surface area contributed by atoms with E-state index in [9.17, 15) is 9.90 Å². The normalized spacial score (nSPS) is 18.1. The number of likely N-dealkylation sites (tertiary alicyclic amines) is 1. The van der Waals surface area contributed by atoms with E-state index in [2.05, 4.69) is 28.9 Å². The number of piperidine rings is 1. The van der Waals surface area contributed by atoms with Crippen LogP contribution in [0.2, 0.25) is 0 Å². The number of aliphatic hydroxyl groups is 1. The standard InChI is InChI=1S/C15H20BrNO2S/c1-11-9-12(16)3-4-13(11)20-10-14(18)17-7-5-15(2,19)6-8-17/h3-4,9,19H,5-8,10H2,1-2H3. The van der Waals surface area contributed by atoms with E-state index >= 15 is 0 Å². The van der Waals surface area contributed by atoms with E-state index in [1.165, 1.54) is 5.56 Å². The summed E-state index contributed by atoms with van der Waals surface area (Å²) >= 11 is 5.02. The smallest absolute Gasteiger partial charge is 0.232 e. The highest BCUT2D eigenvalue weighted by Crippen LogP contribution is 2.27. The lowest BCUT2D eigenvalue weighted by atomic mass is 9.94. The van der Waals surface area contributed by atoms with Crippen LogP contribution >= 0.6 is 27.7 Å². The molecule has 1 aromatic carbocycles. The molecular formula is C15H20BrNO2S. The molecule has 1 aliphatic heterocycles. The fraction of sp³-hybridized carbons (Fsp3) is 0.533. The summed E-state index contributed by atoms with van der Waals surface area (Å²) in [4.78, 5) is 15.2. The van der Waals surface area contributed by atoms with Crippen LogP contribution in [0, 0.1) is 6.92 Å². The van der Waals surface area contributed by atoms with Gasteiger partial charge in [0.15, 0.2) is 0 Å². The molecule has 20 heavy (non-hydrogen) atoms. The zero-order valence-electron chi connectivity index (χ0n) is 11.9. The quantitative estimate of drug-likeness (QED) is 0.844. The average molecular weight is 358 g/mol. The number of amides is 1. The Balaban J connectivity index is 1.86. The number of rotatable bonds is 3. The van der Waals surface area contributed by atoms with E-state index in [1.54, 1.807) is 11.8 Å². The van der Waals surface area contributed by atoms with Crippen molar-refractivity contribution in [3.8, 4) is 0 Å². The predicted molar refractivity (Wildman–Crippen MR) is 86.0 cm³/mol. The molecule has 1 fully saturated rings. The van der Waals surface area contributed by atoms with Gasteiger partial charge in [-0.25, -0.2) is 0 Å². The number of hydrogen-bond acceptors (Lipinski definition) is 3. The fourth-order valence-electron chi connectivity index (χ4n) is 2.24. The van der Waals surface area contributed by atoms with Gasteiger partial charge in [-0.2, -0.15) is 0 Å². The molecule has 0 spiro atoms. The molecule has 0 bridgehead atoms. The maximum Gasteiger partial charge on any atom is 0.232 e. The van der Waals surface area contributed by atoms with Crippen LogP contribution in [0.1, 0.15) is 25.3 Å². The Morgan fingerprint density at radius 3 is 2.70 bits per heavy atom. The molecule has 1 aliphatic rings. The van der Waals surface area contributed by atoms with Crippen LogP contribution in [0.4, 0.5) is 0 Å². The van der Waals surface area contributed by atoms with Crippen molar-refractivity contribution in [2.24, 2.45) is 0 Å². The lowest BCUT2D eigenvalue weighted by molar-refractivity contribution is -0.132. The lowest BCUT2D eigenvalue weighted by Crippen LogP contribution is -2.45. The highest BCUT2D eigenvalue weighted by Gasteiger charge is 2.29. The first-order chi connectivity index (χ1) is 9.37. The minimum Gasteiger partial charge on any atom is -0.390 e. The summed E-state index contributed by atoms with van der Waals surface area (Å²) in [6, 6.07) is 6.10. The number of thioether (sulfide) groups is 1. The number of carbonyl (C=O) groups excluding carboxylic acids is 1. The molecule has 1 N–H and O–H groups in total. The van der Waals surface area contributed by atoms with Gasteiger partial charge in [0.2, 0.25) is 5.91 Å². The molecule has 0 radical (unpaired) electrons. The van der Waals surface area contributed by atoms with Crippen molar-refractivity contribution in [1.82, 2.24) is 4.90 Å². The SMILES string of the molecule is Cc1cc(Br)ccc1SCC(=O)N1CCC(C)(O)CC1. The van der Waals surface area contributed by atoms with Crippen molar-refractivity contribution in [1.29, 1.82) is 0 Å². The molecule has 0 atom stereocenters. The Labute approximate surface area is 132 Å². The van der Waals surface area contributed by atoms with E-state index in [4.69, 9.17) is 0 Å². The molecule has 110 valence electrons. The summed E-state index contributed by atoms with van der Waals surface area (Å²) in [7, 11) is 0. The van der Waals surface area contributed by atoms with Crippen LogP contribution in [0.15, 0.2) is 27.6 Å². The molecule has 1 heterocycles. The Bertz CT molecular complexity index is 495. The van der Waals surface area contributed by atoms with E-state index in [1.807, 2.05) is 24.0 Å². The van der Waals surface area contributed by atoms with Crippen LogP contribution in [-0.2, 0) is 4.79 Å². The molecule has 1 aromatic rings. The van der Waals surface area contributed by atoms with Gasteiger partial charge in [0.25, 0.3) is 0 Å². The summed E-state index contributed by atoms with van der Waals surface area (Å²) in [5.74, 6) is 0.623. The van der Waals surface area contributed by atoms with Gasteiger partial charge in [-0.1, -0.05) is 15.9 Å². The third-order valence-electron chi connectivity index (χ3n) is 3.68. The Morgan fingerprint density at radius 1 is 1.45 bits per heavy atom. The number of aryl methyl sites for hydroxylation is 1. The molecule has 1 amide bonds. The van der Waals surface area contributed by atoms with Crippen molar-refractivity contribution in [3.63, 3.8) is 0 Å². The molecule has 0 aromatic heterocycles. The third-order valence-corrected chi connectivity index (χ3v) is 5.34. The molecule has 3 nitrogen and oxygen atoms in total. The maximum atomic E-state index is 12.2. The summed E-state index contributed by atoms with van der Waals surface area (Å²) < 4.78 is 1.06. The predicted octanol–water partition coefficient (Wildman–Crippen LogP) is 3.22. The van der Waals surface area contributed by atoms with Crippen molar-refractivity contribution in [2.45, 2.75) is 37.2 Å². The minimum atomic E-state index is -0.605.